The average molecular weight is 570 g/mol. The van der Waals surface area contributed by atoms with Gasteiger partial charge in [-0.2, -0.15) is 0 Å². The highest BCUT2D eigenvalue weighted by Crippen LogP contribution is 2.16. The third-order valence-electron chi connectivity index (χ3n) is 5.71. The third kappa shape index (κ3) is 9.97. The smallest absolute Gasteiger partial charge is 0.191 e. The van der Waals surface area contributed by atoms with Crippen LogP contribution in [0.2, 0.25) is 0 Å². The molecule has 3 rings (SSSR count). The van der Waals surface area contributed by atoms with E-state index in [9.17, 15) is 0 Å². The van der Waals surface area contributed by atoms with Crippen LogP contribution in [-0.4, -0.2) is 71.1 Å². The molecule has 9 heteroatoms. The van der Waals surface area contributed by atoms with Gasteiger partial charge in [0.05, 0.1) is 6.10 Å². The second-order valence-electron chi connectivity index (χ2n) is 8.17. The number of aromatic nitrogens is 3. The molecule has 2 N–H and O–H groups in total. The molecular weight excluding hydrogens is 529 g/mol. The van der Waals surface area contributed by atoms with E-state index in [4.69, 9.17) is 4.74 Å². The SMILES string of the molecule is CCNC(=NCCCOC1CCN(Cc2ccccc2)CC1)NCCn1cnnc1CC.I. The number of rotatable bonds is 12. The first-order valence-electron chi connectivity index (χ1n) is 12.0. The number of likely N-dealkylation sites (tertiary alicyclic amines) is 1. The summed E-state index contributed by atoms with van der Waals surface area (Å²) in [6.45, 7) is 11.4. The molecule has 2 aromatic rings. The van der Waals surface area contributed by atoms with E-state index in [2.05, 4.69) is 79.5 Å². The zero-order valence-electron chi connectivity index (χ0n) is 20.1. The van der Waals surface area contributed by atoms with Crippen LogP contribution in [-0.2, 0) is 24.2 Å². The van der Waals surface area contributed by atoms with Gasteiger partial charge in [-0.15, -0.1) is 34.2 Å². The first-order chi connectivity index (χ1) is 15.8. The van der Waals surface area contributed by atoms with Crippen molar-refractivity contribution in [2.24, 2.45) is 4.99 Å². The van der Waals surface area contributed by atoms with Crippen LogP contribution >= 0.6 is 24.0 Å². The van der Waals surface area contributed by atoms with E-state index in [1.54, 1.807) is 6.33 Å². The minimum absolute atomic E-state index is 0. The van der Waals surface area contributed by atoms with Crippen molar-refractivity contribution in [2.75, 3.05) is 39.3 Å². The summed E-state index contributed by atoms with van der Waals surface area (Å²) >= 11 is 0. The molecule has 1 aromatic carbocycles. The Morgan fingerprint density at radius 2 is 1.94 bits per heavy atom. The number of nitrogens with zero attached hydrogens (tertiary/aromatic N) is 5. The predicted molar refractivity (Wildman–Crippen MR) is 144 cm³/mol. The molecule has 1 aromatic heterocycles. The van der Waals surface area contributed by atoms with Crippen LogP contribution < -0.4 is 10.6 Å². The zero-order valence-corrected chi connectivity index (χ0v) is 22.4. The van der Waals surface area contributed by atoms with E-state index in [0.717, 1.165) is 89.9 Å². The van der Waals surface area contributed by atoms with Crippen molar-refractivity contribution in [3.8, 4) is 0 Å². The van der Waals surface area contributed by atoms with E-state index >= 15 is 0 Å². The summed E-state index contributed by atoms with van der Waals surface area (Å²) in [4.78, 5) is 7.21. The highest BCUT2D eigenvalue weighted by atomic mass is 127. The Hall–Kier alpha value is -1.72. The van der Waals surface area contributed by atoms with Crippen LogP contribution in [0, 0.1) is 0 Å². The highest BCUT2D eigenvalue weighted by molar-refractivity contribution is 14.0. The van der Waals surface area contributed by atoms with Gasteiger partial charge >= 0.3 is 0 Å². The van der Waals surface area contributed by atoms with Gasteiger partial charge < -0.3 is 19.9 Å². The first kappa shape index (κ1) is 27.5. The largest absolute Gasteiger partial charge is 0.378 e. The van der Waals surface area contributed by atoms with Gasteiger partial charge in [0.1, 0.15) is 12.2 Å². The van der Waals surface area contributed by atoms with Crippen LogP contribution in [0.5, 0.6) is 0 Å². The monoisotopic (exact) mass is 569 g/mol. The lowest BCUT2D eigenvalue weighted by molar-refractivity contribution is 0.00566. The fourth-order valence-electron chi connectivity index (χ4n) is 3.96. The molecule has 0 atom stereocenters. The van der Waals surface area contributed by atoms with Crippen molar-refractivity contribution < 1.29 is 4.74 Å². The minimum atomic E-state index is 0. The number of benzene rings is 1. The molecule has 0 aliphatic carbocycles. The van der Waals surface area contributed by atoms with Crippen molar-refractivity contribution in [1.29, 1.82) is 0 Å². The number of aliphatic imine (C=N–C) groups is 1. The standard InChI is InChI=1S/C24H39N7O.HI/c1-3-23-29-28-20-31(23)17-14-27-24(25-4-2)26-13-8-18-32-22-11-15-30(16-12-22)19-21-9-6-5-7-10-21;/h5-7,9-10,20,22H,3-4,8,11-19H2,1-2H3,(H2,25,26,27);1H. The average Bonchev–Trinajstić information content (AvgIpc) is 3.28. The van der Waals surface area contributed by atoms with Gasteiger partial charge in [-0.3, -0.25) is 9.89 Å². The van der Waals surface area contributed by atoms with Crippen LogP contribution in [0.1, 0.15) is 44.5 Å². The summed E-state index contributed by atoms with van der Waals surface area (Å²) in [5, 5.41) is 14.8. The molecule has 2 heterocycles. The van der Waals surface area contributed by atoms with E-state index < -0.39 is 0 Å². The maximum atomic E-state index is 6.12. The predicted octanol–water partition coefficient (Wildman–Crippen LogP) is 3.08. The summed E-state index contributed by atoms with van der Waals surface area (Å²) in [5.74, 6) is 1.87. The maximum absolute atomic E-state index is 6.12. The topological polar surface area (TPSA) is 79.6 Å². The van der Waals surface area contributed by atoms with Gasteiger partial charge in [-0.25, -0.2) is 0 Å². The summed E-state index contributed by atoms with van der Waals surface area (Å²) in [6.07, 6.45) is 6.22. The van der Waals surface area contributed by atoms with Crippen LogP contribution in [0.15, 0.2) is 41.7 Å². The molecule has 1 fully saturated rings. The number of aryl methyl sites for hydroxylation is 1. The summed E-state index contributed by atoms with van der Waals surface area (Å²) < 4.78 is 8.20. The van der Waals surface area contributed by atoms with Crippen LogP contribution in [0.3, 0.4) is 0 Å². The Bertz CT molecular complexity index is 791. The molecule has 0 saturated carbocycles. The number of hydrogen-bond acceptors (Lipinski definition) is 5. The van der Waals surface area contributed by atoms with Gasteiger partial charge in [0, 0.05) is 58.8 Å². The fraction of sp³-hybridized carbons (Fsp3) is 0.625. The summed E-state index contributed by atoms with van der Waals surface area (Å²) in [7, 11) is 0. The van der Waals surface area contributed by atoms with E-state index in [-0.39, 0.29) is 24.0 Å². The molecule has 1 aliphatic rings. The van der Waals surface area contributed by atoms with Gasteiger partial charge in [0.25, 0.3) is 0 Å². The lowest BCUT2D eigenvalue weighted by atomic mass is 10.1. The fourth-order valence-corrected chi connectivity index (χ4v) is 3.96. The molecule has 0 unspecified atom stereocenters. The number of hydrogen-bond donors (Lipinski definition) is 2. The molecule has 8 nitrogen and oxygen atoms in total. The molecule has 0 radical (unpaired) electrons. The second-order valence-corrected chi connectivity index (χ2v) is 8.17. The van der Waals surface area contributed by atoms with Gasteiger partial charge in [0.2, 0.25) is 0 Å². The molecular formula is C24H40IN7O. The van der Waals surface area contributed by atoms with E-state index in [1.807, 2.05) is 0 Å². The van der Waals surface area contributed by atoms with Gasteiger partial charge in [-0.05, 0) is 31.7 Å². The number of ether oxygens (including phenoxy) is 1. The molecule has 0 bridgehead atoms. The molecule has 33 heavy (non-hydrogen) atoms. The molecule has 1 aliphatic heterocycles. The van der Waals surface area contributed by atoms with Crippen molar-refractivity contribution in [3.05, 3.63) is 48.0 Å². The zero-order chi connectivity index (χ0) is 22.4. The Morgan fingerprint density at radius 3 is 2.67 bits per heavy atom. The van der Waals surface area contributed by atoms with Gasteiger partial charge in [-0.1, -0.05) is 37.3 Å². The quantitative estimate of drug-likeness (QED) is 0.177. The van der Waals surface area contributed by atoms with E-state index in [0.29, 0.717) is 6.10 Å². The second kappa shape index (κ2) is 16.0. The Balaban J connectivity index is 0.00000385. The van der Waals surface area contributed by atoms with Crippen molar-refractivity contribution >= 4 is 29.9 Å². The normalized spacial score (nSPS) is 15.3. The highest BCUT2D eigenvalue weighted by Gasteiger charge is 2.19. The number of piperidine rings is 1. The van der Waals surface area contributed by atoms with Crippen molar-refractivity contribution in [1.82, 2.24) is 30.3 Å². The Labute approximate surface area is 215 Å². The van der Waals surface area contributed by atoms with E-state index in [1.165, 1.54) is 5.56 Å². The lowest BCUT2D eigenvalue weighted by Crippen LogP contribution is -2.39. The molecule has 184 valence electrons. The Morgan fingerprint density at radius 1 is 1.15 bits per heavy atom. The van der Waals surface area contributed by atoms with Gasteiger partial charge in [0.15, 0.2) is 5.96 Å². The van der Waals surface area contributed by atoms with Crippen molar-refractivity contribution in [3.63, 3.8) is 0 Å². The van der Waals surface area contributed by atoms with Crippen LogP contribution in [0.25, 0.3) is 0 Å². The maximum Gasteiger partial charge on any atom is 0.191 e. The summed E-state index contributed by atoms with van der Waals surface area (Å²) in [5.41, 5.74) is 1.39. The minimum Gasteiger partial charge on any atom is -0.378 e. The molecule has 1 saturated heterocycles. The third-order valence-corrected chi connectivity index (χ3v) is 5.71. The first-order valence-corrected chi connectivity index (χ1v) is 12.0. The van der Waals surface area contributed by atoms with Crippen LogP contribution in [0.4, 0.5) is 0 Å². The number of halogens is 1. The summed E-state index contributed by atoms with van der Waals surface area (Å²) in [6, 6.07) is 10.7. The molecule has 0 spiro atoms. The number of guanidine groups is 1. The van der Waals surface area contributed by atoms with Crippen molar-refractivity contribution in [2.45, 2.75) is 58.7 Å². The Kier molecular flexibility index (Phi) is 13.3. The number of nitrogens with one attached hydrogen (secondary N) is 2. The molecule has 0 amide bonds. The lowest BCUT2D eigenvalue weighted by Gasteiger charge is -2.31.